The van der Waals surface area contributed by atoms with E-state index >= 15 is 0 Å². The summed E-state index contributed by atoms with van der Waals surface area (Å²) < 4.78 is 0. The normalized spacial score (nSPS) is 13.7. The molecule has 0 saturated carbocycles. The van der Waals surface area contributed by atoms with Gasteiger partial charge in [0.25, 0.3) is 0 Å². The summed E-state index contributed by atoms with van der Waals surface area (Å²) in [5, 5.41) is 0. The molecule has 0 bridgehead atoms. The SMILES string of the molecule is Cc1ncsc1CN(C)CCC(N)C(C)C. The second-order valence-corrected chi connectivity index (χ2v) is 5.73. The monoisotopic (exact) mass is 241 g/mol. The molecule has 16 heavy (non-hydrogen) atoms. The molecule has 3 nitrogen and oxygen atoms in total. The summed E-state index contributed by atoms with van der Waals surface area (Å²) in [6.45, 7) is 8.47. The maximum Gasteiger partial charge on any atom is 0.0798 e. The van der Waals surface area contributed by atoms with Crippen LogP contribution in [0.25, 0.3) is 0 Å². The van der Waals surface area contributed by atoms with Gasteiger partial charge in [-0.1, -0.05) is 13.8 Å². The summed E-state index contributed by atoms with van der Waals surface area (Å²) in [5.74, 6) is 0.568. The van der Waals surface area contributed by atoms with Crippen molar-refractivity contribution in [2.75, 3.05) is 13.6 Å². The Kier molecular flexibility index (Phi) is 5.38. The molecule has 1 aromatic heterocycles. The average molecular weight is 241 g/mol. The molecule has 1 atom stereocenters. The molecule has 1 aromatic rings. The van der Waals surface area contributed by atoms with Gasteiger partial charge >= 0.3 is 0 Å². The van der Waals surface area contributed by atoms with Crippen LogP contribution in [-0.4, -0.2) is 29.5 Å². The maximum atomic E-state index is 6.03. The van der Waals surface area contributed by atoms with Crippen molar-refractivity contribution in [2.24, 2.45) is 11.7 Å². The van der Waals surface area contributed by atoms with Crippen LogP contribution < -0.4 is 5.73 Å². The predicted octanol–water partition coefficient (Wildman–Crippen LogP) is 2.26. The lowest BCUT2D eigenvalue weighted by molar-refractivity contribution is 0.298. The van der Waals surface area contributed by atoms with Crippen LogP contribution in [0.4, 0.5) is 0 Å². The van der Waals surface area contributed by atoms with Crippen LogP contribution >= 0.6 is 11.3 Å². The number of aromatic nitrogens is 1. The zero-order valence-electron chi connectivity index (χ0n) is 10.7. The zero-order valence-corrected chi connectivity index (χ0v) is 11.5. The van der Waals surface area contributed by atoms with Crippen LogP contribution in [0.5, 0.6) is 0 Å². The lowest BCUT2D eigenvalue weighted by atomic mass is 10.0. The number of rotatable bonds is 6. The largest absolute Gasteiger partial charge is 0.327 e. The molecule has 0 aliphatic rings. The lowest BCUT2D eigenvalue weighted by Crippen LogP contribution is -2.31. The van der Waals surface area contributed by atoms with Gasteiger partial charge in [-0.3, -0.25) is 0 Å². The molecule has 1 rings (SSSR count). The van der Waals surface area contributed by atoms with E-state index in [9.17, 15) is 0 Å². The Bertz CT molecular complexity index is 309. The molecule has 0 saturated heterocycles. The van der Waals surface area contributed by atoms with Crippen molar-refractivity contribution in [3.63, 3.8) is 0 Å². The number of hydrogen-bond donors (Lipinski definition) is 1. The van der Waals surface area contributed by atoms with Gasteiger partial charge in [-0.05, 0) is 32.9 Å². The first-order valence-corrected chi connectivity index (χ1v) is 6.71. The van der Waals surface area contributed by atoms with E-state index in [0.717, 1.165) is 25.2 Å². The van der Waals surface area contributed by atoms with Gasteiger partial charge in [-0.25, -0.2) is 4.98 Å². The zero-order chi connectivity index (χ0) is 12.1. The quantitative estimate of drug-likeness (QED) is 0.830. The van der Waals surface area contributed by atoms with Crippen LogP contribution in [0.2, 0.25) is 0 Å². The number of aryl methyl sites for hydroxylation is 1. The summed E-state index contributed by atoms with van der Waals surface area (Å²) in [4.78, 5) is 7.94. The van der Waals surface area contributed by atoms with Crippen LogP contribution in [0.1, 0.15) is 30.8 Å². The fraction of sp³-hybridized carbons (Fsp3) is 0.750. The van der Waals surface area contributed by atoms with Gasteiger partial charge in [0.15, 0.2) is 0 Å². The molecule has 2 N–H and O–H groups in total. The van der Waals surface area contributed by atoms with Gasteiger partial charge in [-0.15, -0.1) is 11.3 Å². The average Bonchev–Trinajstić information content (AvgIpc) is 2.60. The molecule has 4 heteroatoms. The number of thiazole rings is 1. The molecule has 1 heterocycles. The summed E-state index contributed by atoms with van der Waals surface area (Å²) in [5.41, 5.74) is 9.10. The van der Waals surface area contributed by atoms with Crippen molar-refractivity contribution < 1.29 is 0 Å². The minimum absolute atomic E-state index is 0.310. The van der Waals surface area contributed by atoms with Gasteiger partial charge in [0, 0.05) is 17.5 Å². The van der Waals surface area contributed by atoms with E-state index < -0.39 is 0 Å². The van der Waals surface area contributed by atoms with Crippen molar-refractivity contribution in [2.45, 2.75) is 39.8 Å². The van der Waals surface area contributed by atoms with Crippen molar-refractivity contribution in [1.82, 2.24) is 9.88 Å². The van der Waals surface area contributed by atoms with Crippen molar-refractivity contribution >= 4 is 11.3 Å². The van der Waals surface area contributed by atoms with Gasteiger partial charge in [0.1, 0.15) is 0 Å². The minimum atomic E-state index is 0.310. The van der Waals surface area contributed by atoms with Gasteiger partial charge in [0.2, 0.25) is 0 Å². The van der Waals surface area contributed by atoms with E-state index in [1.165, 1.54) is 4.88 Å². The predicted molar refractivity (Wildman–Crippen MR) is 70.6 cm³/mol. The Morgan fingerprint density at radius 1 is 1.50 bits per heavy atom. The standard InChI is InChI=1S/C12H23N3S/c1-9(2)11(13)5-6-15(4)7-12-10(3)14-8-16-12/h8-9,11H,5-7,13H2,1-4H3. The van der Waals surface area contributed by atoms with Crippen LogP contribution in [0, 0.1) is 12.8 Å². The molecule has 0 radical (unpaired) electrons. The van der Waals surface area contributed by atoms with E-state index in [2.05, 4.69) is 37.7 Å². The first-order chi connectivity index (χ1) is 7.50. The topological polar surface area (TPSA) is 42.2 Å². The van der Waals surface area contributed by atoms with E-state index in [-0.39, 0.29) is 0 Å². The second kappa shape index (κ2) is 6.33. The minimum Gasteiger partial charge on any atom is -0.327 e. The Hall–Kier alpha value is -0.450. The lowest BCUT2D eigenvalue weighted by Gasteiger charge is -2.20. The molecule has 0 spiro atoms. The molecular weight excluding hydrogens is 218 g/mol. The van der Waals surface area contributed by atoms with E-state index in [0.29, 0.717) is 12.0 Å². The van der Waals surface area contributed by atoms with Crippen LogP contribution in [0.3, 0.4) is 0 Å². The third-order valence-electron chi connectivity index (χ3n) is 2.96. The molecule has 0 aliphatic carbocycles. The van der Waals surface area contributed by atoms with Gasteiger partial charge < -0.3 is 10.6 Å². The summed E-state index contributed by atoms with van der Waals surface area (Å²) in [6.07, 6.45) is 1.06. The Labute approximate surface area is 103 Å². The summed E-state index contributed by atoms with van der Waals surface area (Å²) >= 11 is 1.73. The summed E-state index contributed by atoms with van der Waals surface area (Å²) in [7, 11) is 2.15. The molecule has 0 fully saturated rings. The third kappa shape index (κ3) is 4.20. The van der Waals surface area contributed by atoms with Gasteiger partial charge in [0.05, 0.1) is 11.2 Å². The highest BCUT2D eigenvalue weighted by Crippen LogP contribution is 2.14. The van der Waals surface area contributed by atoms with Crippen molar-refractivity contribution in [3.05, 3.63) is 16.1 Å². The second-order valence-electron chi connectivity index (χ2n) is 4.80. The fourth-order valence-corrected chi connectivity index (χ4v) is 2.36. The molecule has 0 aromatic carbocycles. The van der Waals surface area contributed by atoms with Gasteiger partial charge in [-0.2, -0.15) is 0 Å². The third-order valence-corrected chi connectivity index (χ3v) is 3.88. The fourth-order valence-electron chi connectivity index (χ4n) is 1.50. The van der Waals surface area contributed by atoms with Crippen LogP contribution in [0.15, 0.2) is 5.51 Å². The highest BCUT2D eigenvalue weighted by Gasteiger charge is 2.10. The highest BCUT2D eigenvalue weighted by atomic mass is 32.1. The summed E-state index contributed by atoms with van der Waals surface area (Å²) in [6, 6.07) is 0.310. The first-order valence-electron chi connectivity index (χ1n) is 5.83. The molecular formula is C12H23N3S. The Morgan fingerprint density at radius 3 is 2.69 bits per heavy atom. The Morgan fingerprint density at radius 2 is 2.19 bits per heavy atom. The van der Waals surface area contributed by atoms with Crippen molar-refractivity contribution in [1.29, 1.82) is 0 Å². The molecule has 0 amide bonds. The van der Waals surface area contributed by atoms with Crippen molar-refractivity contribution in [3.8, 4) is 0 Å². The van der Waals surface area contributed by atoms with E-state index in [4.69, 9.17) is 5.73 Å². The Balaban J connectivity index is 2.31. The maximum absolute atomic E-state index is 6.03. The van der Waals surface area contributed by atoms with E-state index in [1.54, 1.807) is 11.3 Å². The smallest absolute Gasteiger partial charge is 0.0798 e. The number of nitrogens with two attached hydrogens (primary N) is 1. The first kappa shape index (κ1) is 13.6. The molecule has 92 valence electrons. The molecule has 1 unspecified atom stereocenters. The highest BCUT2D eigenvalue weighted by molar-refractivity contribution is 7.09. The number of nitrogens with zero attached hydrogens (tertiary/aromatic N) is 2. The molecule has 0 aliphatic heterocycles. The van der Waals surface area contributed by atoms with Crippen LogP contribution in [-0.2, 0) is 6.54 Å². The van der Waals surface area contributed by atoms with E-state index in [1.807, 2.05) is 5.51 Å². The number of hydrogen-bond acceptors (Lipinski definition) is 4.